The van der Waals surface area contributed by atoms with Crippen LogP contribution < -0.4 is 5.32 Å². The van der Waals surface area contributed by atoms with Crippen LogP contribution in [-0.4, -0.2) is 19.6 Å². The van der Waals surface area contributed by atoms with Crippen molar-refractivity contribution in [1.29, 1.82) is 0 Å². The van der Waals surface area contributed by atoms with E-state index in [-0.39, 0.29) is 12.4 Å². The van der Waals surface area contributed by atoms with Gasteiger partial charge in [-0.05, 0) is 19.4 Å². The van der Waals surface area contributed by atoms with Crippen molar-refractivity contribution in [2.45, 2.75) is 39.4 Å². The van der Waals surface area contributed by atoms with E-state index in [0.29, 0.717) is 23.1 Å². The molecule has 8 heteroatoms. The molecule has 0 amide bonds. The molecular formula is C12H18ClF2N5. The lowest BCUT2D eigenvalue weighted by Crippen LogP contribution is -2.13. The summed E-state index contributed by atoms with van der Waals surface area (Å²) in [5.74, 6) is 0.428. The zero-order valence-electron chi connectivity index (χ0n) is 11.3. The van der Waals surface area contributed by atoms with Crippen LogP contribution in [0.1, 0.15) is 38.6 Å². The lowest BCUT2D eigenvalue weighted by Gasteiger charge is -2.13. The molecule has 0 aliphatic carbocycles. The number of rotatable bonds is 6. The summed E-state index contributed by atoms with van der Waals surface area (Å²) in [7, 11) is 0. The van der Waals surface area contributed by atoms with E-state index in [1.807, 2.05) is 10.7 Å². The molecule has 0 spiro atoms. The Balaban J connectivity index is 0.00000200. The third-order valence-corrected chi connectivity index (χ3v) is 3.02. The van der Waals surface area contributed by atoms with Crippen LogP contribution in [0.2, 0.25) is 0 Å². The van der Waals surface area contributed by atoms with Gasteiger partial charge in [0.1, 0.15) is 5.82 Å². The molecule has 0 radical (unpaired) electrons. The Morgan fingerprint density at radius 1 is 1.35 bits per heavy atom. The smallest absolute Gasteiger partial charge is 0.333 e. The van der Waals surface area contributed by atoms with Crippen molar-refractivity contribution in [3.8, 4) is 0 Å². The normalized spacial score (nSPS) is 12.2. The van der Waals surface area contributed by atoms with E-state index in [1.165, 1.54) is 12.3 Å². The number of nitrogens with zero attached hydrogens (tertiary/aromatic N) is 4. The van der Waals surface area contributed by atoms with E-state index < -0.39 is 6.55 Å². The van der Waals surface area contributed by atoms with E-state index in [1.54, 1.807) is 6.20 Å². The minimum atomic E-state index is -2.61. The number of alkyl halides is 2. The number of hydrogen-bond acceptors (Lipinski definition) is 3. The minimum absolute atomic E-state index is 0. The largest absolute Gasteiger partial charge is 0.363 e. The highest BCUT2D eigenvalue weighted by Gasteiger charge is 2.10. The molecule has 2 aromatic heterocycles. The van der Waals surface area contributed by atoms with Gasteiger partial charge in [-0.15, -0.1) is 12.4 Å². The van der Waals surface area contributed by atoms with Gasteiger partial charge >= 0.3 is 6.55 Å². The Morgan fingerprint density at radius 2 is 2.10 bits per heavy atom. The molecule has 0 aliphatic rings. The van der Waals surface area contributed by atoms with Gasteiger partial charge in [-0.2, -0.15) is 19.0 Å². The SMILES string of the molecule is CCC(C)n1nccc1CNc1ccn(C(F)F)n1.Cl. The molecule has 0 saturated heterocycles. The predicted octanol–water partition coefficient (Wildman–Crippen LogP) is 3.48. The van der Waals surface area contributed by atoms with Gasteiger partial charge in [0, 0.05) is 24.5 Å². The zero-order valence-corrected chi connectivity index (χ0v) is 12.1. The second-order valence-electron chi connectivity index (χ2n) is 4.34. The molecule has 0 aliphatic heterocycles. The van der Waals surface area contributed by atoms with E-state index in [2.05, 4.69) is 29.4 Å². The second-order valence-corrected chi connectivity index (χ2v) is 4.34. The van der Waals surface area contributed by atoms with Crippen LogP contribution in [0, 0.1) is 0 Å². The zero-order chi connectivity index (χ0) is 13.8. The third kappa shape index (κ3) is 3.69. The maximum atomic E-state index is 12.4. The molecule has 1 N–H and O–H groups in total. The number of hydrogen-bond donors (Lipinski definition) is 1. The quantitative estimate of drug-likeness (QED) is 0.889. The fourth-order valence-electron chi connectivity index (χ4n) is 1.77. The van der Waals surface area contributed by atoms with E-state index in [4.69, 9.17) is 0 Å². The maximum absolute atomic E-state index is 12.4. The average molecular weight is 306 g/mol. The molecular weight excluding hydrogens is 288 g/mol. The number of nitrogens with one attached hydrogen (secondary N) is 1. The summed E-state index contributed by atoms with van der Waals surface area (Å²) in [6.45, 7) is 2.07. The van der Waals surface area contributed by atoms with Crippen molar-refractivity contribution in [3.05, 3.63) is 30.2 Å². The van der Waals surface area contributed by atoms with Gasteiger partial charge in [0.15, 0.2) is 0 Å². The van der Waals surface area contributed by atoms with Gasteiger partial charge < -0.3 is 5.32 Å². The topological polar surface area (TPSA) is 47.7 Å². The summed E-state index contributed by atoms with van der Waals surface area (Å²) in [6.07, 6.45) is 3.97. The summed E-state index contributed by atoms with van der Waals surface area (Å²) in [6, 6.07) is 3.74. The molecule has 0 bridgehead atoms. The minimum Gasteiger partial charge on any atom is -0.363 e. The summed E-state index contributed by atoms with van der Waals surface area (Å²) in [4.78, 5) is 0. The van der Waals surface area contributed by atoms with Crippen molar-refractivity contribution >= 4 is 18.2 Å². The van der Waals surface area contributed by atoms with Gasteiger partial charge in [0.25, 0.3) is 0 Å². The molecule has 2 rings (SSSR count). The Kier molecular flexibility index (Phi) is 5.94. The summed E-state index contributed by atoms with van der Waals surface area (Å²) in [5.41, 5.74) is 1.00. The first-order chi connectivity index (χ1) is 9.11. The summed E-state index contributed by atoms with van der Waals surface area (Å²) < 4.78 is 27.3. The number of aromatic nitrogens is 4. The Labute approximate surface area is 122 Å². The Morgan fingerprint density at radius 3 is 2.70 bits per heavy atom. The number of halogens is 3. The van der Waals surface area contributed by atoms with Crippen LogP contribution in [0.15, 0.2) is 24.5 Å². The van der Waals surface area contributed by atoms with Gasteiger partial charge in [-0.25, -0.2) is 4.68 Å². The second kappa shape index (κ2) is 7.23. The molecule has 2 heterocycles. The third-order valence-electron chi connectivity index (χ3n) is 3.02. The van der Waals surface area contributed by atoms with E-state index in [9.17, 15) is 8.78 Å². The standard InChI is InChI=1S/C12H17F2N5.ClH/c1-3-9(2)19-10(4-6-16-19)8-15-11-5-7-18(17-11)12(13)14;/h4-7,9,12H,3,8H2,1-2H3,(H,15,17);1H. The van der Waals surface area contributed by atoms with Gasteiger partial charge in [0.2, 0.25) is 0 Å². The van der Waals surface area contributed by atoms with Crippen molar-refractivity contribution in [2.75, 3.05) is 5.32 Å². The predicted molar refractivity (Wildman–Crippen MR) is 75.3 cm³/mol. The van der Waals surface area contributed by atoms with Crippen molar-refractivity contribution in [3.63, 3.8) is 0 Å². The molecule has 20 heavy (non-hydrogen) atoms. The molecule has 1 unspecified atom stereocenters. The molecule has 1 atom stereocenters. The highest BCUT2D eigenvalue weighted by molar-refractivity contribution is 5.85. The van der Waals surface area contributed by atoms with E-state index in [0.717, 1.165) is 12.1 Å². The Bertz CT molecular complexity index is 525. The maximum Gasteiger partial charge on any atom is 0.333 e. The fourth-order valence-corrected chi connectivity index (χ4v) is 1.77. The summed E-state index contributed by atoms with van der Waals surface area (Å²) >= 11 is 0. The fraction of sp³-hybridized carbons (Fsp3) is 0.500. The van der Waals surface area contributed by atoms with Crippen LogP contribution in [0.3, 0.4) is 0 Å². The number of anilines is 1. The van der Waals surface area contributed by atoms with Crippen LogP contribution >= 0.6 is 12.4 Å². The van der Waals surface area contributed by atoms with Gasteiger partial charge in [0.05, 0.1) is 12.2 Å². The molecule has 0 aromatic carbocycles. The van der Waals surface area contributed by atoms with Crippen LogP contribution in [-0.2, 0) is 6.54 Å². The van der Waals surface area contributed by atoms with Gasteiger partial charge in [-0.1, -0.05) is 6.92 Å². The van der Waals surface area contributed by atoms with Crippen molar-refractivity contribution < 1.29 is 8.78 Å². The first-order valence-electron chi connectivity index (χ1n) is 6.21. The monoisotopic (exact) mass is 305 g/mol. The highest BCUT2D eigenvalue weighted by Crippen LogP contribution is 2.15. The van der Waals surface area contributed by atoms with Crippen molar-refractivity contribution in [1.82, 2.24) is 19.6 Å². The molecule has 5 nitrogen and oxygen atoms in total. The molecule has 0 saturated carbocycles. The highest BCUT2D eigenvalue weighted by atomic mass is 35.5. The first-order valence-corrected chi connectivity index (χ1v) is 6.21. The summed E-state index contributed by atoms with van der Waals surface area (Å²) in [5, 5.41) is 11.0. The lowest BCUT2D eigenvalue weighted by atomic mass is 10.2. The molecule has 0 fully saturated rings. The molecule has 2 aromatic rings. The molecule has 112 valence electrons. The Hall–Kier alpha value is -1.63. The van der Waals surface area contributed by atoms with Crippen LogP contribution in [0.4, 0.5) is 14.6 Å². The first kappa shape index (κ1) is 16.4. The van der Waals surface area contributed by atoms with Gasteiger partial charge in [-0.3, -0.25) is 4.68 Å². The van der Waals surface area contributed by atoms with Crippen molar-refractivity contribution in [2.24, 2.45) is 0 Å². The van der Waals surface area contributed by atoms with Crippen LogP contribution in [0.5, 0.6) is 0 Å². The van der Waals surface area contributed by atoms with Crippen LogP contribution in [0.25, 0.3) is 0 Å². The average Bonchev–Trinajstić information content (AvgIpc) is 3.04. The lowest BCUT2D eigenvalue weighted by molar-refractivity contribution is 0.0569. The van der Waals surface area contributed by atoms with E-state index >= 15 is 0 Å².